The van der Waals surface area contributed by atoms with Gasteiger partial charge in [-0.25, -0.2) is 8.78 Å². The van der Waals surface area contributed by atoms with Crippen molar-refractivity contribution in [2.45, 2.75) is 70.8 Å². The summed E-state index contributed by atoms with van der Waals surface area (Å²) in [6.07, 6.45) is 10.7. The lowest BCUT2D eigenvalue weighted by molar-refractivity contribution is 0.289. The minimum Gasteiger partial charge on any atom is -0.486 e. The average molecular weight is 372 g/mol. The van der Waals surface area contributed by atoms with Crippen LogP contribution in [-0.4, -0.2) is 0 Å². The van der Waals surface area contributed by atoms with Gasteiger partial charge >= 0.3 is 0 Å². The van der Waals surface area contributed by atoms with E-state index in [-0.39, 0.29) is 12.4 Å². The van der Waals surface area contributed by atoms with Crippen molar-refractivity contribution >= 4 is 0 Å². The van der Waals surface area contributed by atoms with Gasteiger partial charge in [-0.1, -0.05) is 56.9 Å². The second-order valence-corrected chi connectivity index (χ2v) is 7.82. The lowest BCUT2D eigenvalue weighted by Crippen LogP contribution is -2.13. The summed E-state index contributed by atoms with van der Waals surface area (Å²) in [4.78, 5) is 0. The standard InChI is InChI=1S/C24H30F2O/c1-2-3-4-5-18-6-10-20(11-7-18)21-12-8-19(9-13-21)17-27-24-15-14-22(25)16-23(24)26/h8-9,12-16,18,20H,2-7,10-11,17H2,1H3. The van der Waals surface area contributed by atoms with Crippen molar-refractivity contribution in [3.05, 3.63) is 65.2 Å². The van der Waals surface area contributed by atoms with Crippen LogP contribution >= 0.6 is 0 Å². The molecular formula is C24H30F2O. The van der Waals surface area contributed by atoms with E-state index in [4.69, 9.17) is 4.74 Å². The highest BCUT2D eigenvalue weighted by Crippen LogP contribution is 2.37. The summed E-state index contributed by atoms with van der Waals surface area (Å²) in [5, 5.41) is 0. The molecule has 0 unspecified atom stereocenters. The van der Waals surface area contributed by atoms with E-state index < -0.39 is 11.6 Å². The fourth-order valence-electron chi connectivity index (χ4n) is 4.11. The smallest absolute Gasteiger partial charge is 0.167 e. The van der Waals surface area contributed by atoms with E-state index in [1.165, 1.54) is 69.1 Å². The van der Waals surface area contributed by atoms with Crippen LogP contribution in [0.1, 0.15) is 75.3 Å². The van der Waals surface area contributed by atoms with Gasteiger partial charge in [-0.05, 0) is 60.8 Å². The molecule has 3 heteroatoms. The quantitative estimate of drug-likeness (QED) is 0.439. The second-order valence-electron chi connectivity index (χ2n) is 7.82. The Labute approximate surface area is 161 Å². The largest absolute Gasteiger partial charge is 0.486 e. The van der Waals surface area contributed by atoms with E-state index in [9.17, 15) is 8.78 Å². The van der Waals surface area contributed by atoms with E-state index in [1.807, 2.05) is 0 Å². The Kier molecular flexibility index (Phi) is 7.25. The minimum atomic E-state index is -0.665. The van der Waals surface area contributed by atoms with Gasteiger partial charge in [0, 0.05) is 6.07 Å². The highest BCUT2D eigenvalue weighted by Gasteiger charge is 2.22. The lowest BCUT2D eigenvalue weighted by atomic mass is 9.77. The molecule has 0 radical (unpaired) electrons. The van der Waals surface area contributed by atoms with E-state index in [1.54, 1.807) is 0 Å². The molecule has 27 heavy (non-hydrogen) atoms. The van der Waals surface area contributed by atoms with Crippen LogP contribution in [0.15, 0.2) is 42.5 Å². The summed E-state index contributed by atoms with van der Waals surface area (Å²) < 4.78 is 32.0. The molecule has 0 saturated heterocycles. The number of rotatable bonds is 8. The third-order valence-electron chi connectivity index (χ3n) is 5.80. The lowest BCUT2D eigenvalue weighted by Gasteiger charge is -2.29. The predicted octanol–water partition coefficient (Wildman–Crippen LogP) is 7.40. The molecule has 1 aliphatic carbocycles. The number of benzene rings is 2. The topological polar surface area (TPSA) is 9.23 Å². The molecule has 0 aliphatic heterocycles. The normalized spacial score (nSPS) is 19.8. The highest BCUT2D eigenvalue weighted by molar-refractivity contribution is 5.28. The Morgan fingerprint density at radius 2 is 1.67 bits per heavy atom. The first-order valence-corrected chi connectivity index (χ1v) is 10.3. The fourth-order valence-corrected chi connectivity index (χ4v) is 4.11. The summed E-state index contributed by atoms with van der Waals surface area (Å²) >= 11 is 0. The molecule has 3 rings (SSSR count). The summed E-state index contributed by atoms with van der Waals surface area (Å²) in [6.45, 7) is 2.55. The van der Waals surface area contributed by atoms with E-state index in [2.05, 4.69) is 31.2 Å². The van der Waals surface area contributed by atoms with Crippen LogP contribution in [0.2, 0.25) is 0 Å². The summed E-state index contributed by atoms with van der Waals surface area (Å²) in [5.74, 6) is 0.413. The van der Waals surface area contributed by atoms with Crippen molar-refractivity contribution in [3.8, 4) is 5.75 Å². The maximum absolute atomic E-state index is 13.6. The first-order chi connectivity index (χ1) is 13.2. The van der Waals surface area contributed by atoms with Crippen LogP contribution in [0.25, 0.3) is 0 Å². The molecule has 0 spiro atoms. The van der Waals surface area contributed by atoms with Crippen molar-refractivity contribution in [2.75, 3.05) is 0 Å². The van der Waals surface area contributed by atoms with Gasteiger partial charge in [0.25, 0.3) is 0 Å². The molecule has 0 atom stereocenters. The predicted molar refractivity (Wildman–Crippen MR) is 106 cm³/mol. The van der Waals surface area contributed by atoms with Crippen molar-refractivity contribution < 1.29 is 13.5 Å². The molecule has 2 aromatic rings. The number of hydrogen-bond donors (Lipinski definition) is 0. The van der Waals surface area contributed by atoms with Crippen LogP contribution in [0, 0.1) is 17.6 Å². The van der Waals surface area contributed by atoms with Crippen molar-refractivity contribution in [3.63, 3.8) is 0 Å². The van der Waals surface area contributed by atoms with Crippen LogP contribution < -0.4 is 4.74 Å². The first kappa shape index (κ1) is 19.9. The zero-order valence-electron chi connectivity index (χ0n) is 16.2. The van der Waals surface area contributed by atoms with Gasteiger partial charge in [0.15, 0.2) is 11.6 Å². The van der Waals surface area contributed by atoms with E-state index in [0.29, 0.717) is 5.92 Å². The molecule has 0 bridgehead atoms. The molecule has 0 amide bonds. The van der Waals surface area contributed by atoms with Crippen LogP contribution in [0.3, 0.4) is 0 Å². The van der Waals surface area contributed by atoms with Gasteiger partial charge in [0.2, 0.25) is 0 Å². The van der Waals surface area contributed by atoms with Gasteiger partial charge in [0.05, 0.1) is 0 Å². The van der Waals surface area contributed by atoms with Crippen molar-refractivity contribution in [1.82, 2.24) is 0 Å². The highest BCUT2D eigenvalue weighted by atomic mass is 19.1. The molecule has 146 valence electrons. The molecule has 1 aliphatic rings. The zero-order chi connectivity index (χ0) is 19.1. The Morgan fingerprint density at radius 3 is 2.33 bits per heavy atom. The molecule has 0 N–H and O–H groups in total. The fraction of sp³-hybridized carbons (Fsp3) is 0.500. The zero-order valence-corrected chi connectivity index (χ0v) is 16.2. The SMILES string of the molecule is CCCCCC1CCC(c2ccc(COc3ccc(F)cc3F)cc2)CC1. The molecule has 1 fully saturated rings. The van der Waals surface area contributed by atoms with Crippen molar-refractivity contribution in [1.29, 1.82) is 0 Å². The van der Waals surface area contributed by atoms with Crippen LogP contribution in [0.5, 0.6) is 5.75 Å². The third kappa shape index (κ3) is 5.79. The average Bonchev–Trinajstić information content (AvgIpc) is 2.69. The number of hydrogen-bond acceptors (Lipinski definition) is 1. The van der Waals surface area contributed by atoms with Crippen LogP contribution in [-0.2, 0) is 6.61 Å². The van der Waals surface area contributed by atoms with E-state index >= 15 is 0 Å². The summed E-state index contributed by atoms with van der Waals surface area (Å²) in [6, 6.07) is 11.9. The molecule has 2 aromatic carbocycles. The number of unbranched alkanes of at least 4 members (excludes halogenated alkanes) is 2. The maximum Gasteiger partial charge on any atom is 0.167 e. The monoisotopic (exact) mass is 372 g/mol. The van der Waals surface area contributed by atoms with Gasteiger partial charge < -0.3 is 4.74 Å². The summed E-state index contributed by atoms with van der Waals surface area (Å²) in [5.41, 5.74) is 2.40. The minimum absolute atomic E-state index is 0.0851. The third-order valence-corrected chi connectivity index (χ3v) is 5.80. The first-order valence-electron chi connectivity index (χ1n) is 10.3. The number of ether oxygens (including phenoxy) is 1. The molecule has 1 saturated carbocycles. The van der Waals surface area contributed by atoms with Gasteiger partial charge in [-0.2, -0.15) is 0 Å². The molecule has 0 heterocycles. The number of halogens is 2. The Bertz CT molecular complexity index is 703. The van der Waals surface area contributed by atoms with Crippen LogP contribution in [0.4, 0.5) is 8.78 Å². The maximum atomic E-state index is 13.6. The van der Waals surface area contributed by atoms with E-state index in [0.717, 1.165) is 17.5 Å². The Morgan fingerprint density at radius 1 is 0.926 bits per heavy atom. The molecule has 0 aromatic heterocycles. The summed E-state index contributed by atoms with van der Waals surface area (Å²) in [7, 11) is 0. The van der Waals surface area contributed by atoms with Crippen molar-refractivity contribution in [2.24, 2.45) is 5.92 Å². The Hall–Kier alpha value is -1.90. The Balaban J connectivity index is 1.47. The second kappa shape index (κ2) is 9.87. The van der Waals surface area contributed by atoms with Gasteiger partial charge in [-0.15, -0.1) is 0 Å². The molecule has 1 nitrogen and oxygen atoms in total. The molecular weight excluding hydrogens is 342 g/mol. The van der Waals surface area contributed by atoms with Gasteiger partial charge in [0.1, 0.15) is 12.4 Å². The van der Waals surface area contributed by atoms with Gasteiger partial charge in [-0.3, -0.25) is 0 Å².